The second-order valence-electron chi connectivity index (χ2n) is 7.47. The summed E-state index contributed by atoms with van der Waals surface area (Å²) in [6.07, 6.45) is 5.86. The van der Waals surface area contributed by atoms with E-state index in [1.54, 1.807) is 28.4 Å². The van der Waals surface area contributed by atoms with E-state index in [2.05, 4.69) is 39.8 Å². The Kier molecular flexibility index (Phi) is 5.88. The number of hydrogen-bond donors (Lipinski definition) is 1. The van der Waals surface area contributed by atoms with E-state index in [1.165, 1.54) is 17.7 Å². The number of carbonyl (C=O) groups excluding carboxylic acids is 1. The number of para-hydroxylation sites is 1. The first-order chi connectivity index (χ1) is 13.7. The number of piperidine rings is 1. The van der Waals surface area contributed by atoms with Crippen LogP contribution >= 0.6 is 11.3 Å². The van der Waals surface area contributed by atoms with Crippen LogP contribution in [0.3, 0.4) is 0 Å². The molecule has 0 spiro atoms. The predicted molar refractivity (Wildman–Crippen MR) is 113 cm³/mol. The predicted octanol–water partition coefficient (Wildman–Crippen LogP) is 4.14. The van der Waals surface area contributed by atoms with Gasteiger partial charge < -0.3 is 5.32 Å². The van der Waals surface area contributed by atoms with Gasteiger partial charge in [-0.1, -0.05) is 31.2 Å². The lowest BCUT2D eigenvalue weighted by molar-refractivity contribution is 0.0915. The summed E-state index contributed by atoms with van der Waals surface area (Å²) < 4.78 is 1.73. The first kappa shape index (κ1) is 18.9. The highest BCUT2D eigenvalue weighted by atomic mass is 32.1. The molecule has 3 heterocycles. The maximum Gasteiger partial charge on any atom is 0.254 e. The third-order valence-electron chi connectivity index (χ3n) is 5.45. The number of aromatic nitrogens is 2. The van der Waals surface area contributed by atoms with E-state index in [0.29, 0.717) is 12.1 Å². The van der Waals surface area contributed by atoms with Crippen molar-refractivity contribution in [3.8, 4) is 5.69 Å². The summed E-state index contributed by atoms with van der Waals surface area (Å²) in [5.74, 6) is 0.716. The third kappa shape index (κ3) is 4.34. The lowest BCUT2D eigenvalue weighted by Gasteiger charge is -2.36. The zero-order valence-electron chi connectivity index (χ0n) is 16.1. The molecule has 0 radical (unpaired) electrons. The average molecular weight is 395 g/mol. The number of carbonyl (C=O) groups is 1. The van der Waals surface area contributed by atoms with E-state index in [0.717, 1.165) is 24.7 Å². The van der Waals surface area contributed by atoms with E-state index in [9.17, 15) is 4.79 Å². The molecule has 1 aliphatic rings. The minimum absolute atomic E-state index is 0.0749. The van der Waals surface area contributed by atoms with Gasteiger partial charge in [0.1, 0.15) is 0 Å². The number of nitrogens with zero attached hydrogens (tertiary/aromatic N) is 3. The van der Waals surface area contributed by atoms with Gasteiger partial charge in [0, 0.05) is 17.6 Å². The van der Waals surface area contributed by atoms with Crippen molar-refractivity contribution in [2.45, 2.75) is 25.8 Å². The van der Waals surface area contributed by atoms with Crippen LogP contribution in [-0.4, -0.2) is 40.2 Å². The van der Waals surface area contributed by atoms with Crippen molar-refractivity contribution in [2.75, 3.05) is 19.6 Å². The number of amides is 1. The van der Waals surface area contributed by atoms with Gasteiger partial charge >= 0.3 is 0 Å². The van der Waals surface area contributed by atoms with Gasteiger partial charge in [0.25, 0.3) is 5.91 Å². The summed E-state index contributed by atoms with van der Waals surface area (Å²) in [7, 11) is 0. The van der Waals surface area contributed by atoms with Crippen molar-refractivity contribution < 1.29 is 4.79 Å². The van der Waals surface area contributed by atoms with Crippen molar-refractivity contribution in [2.24, 2.45) is 5.92 Å². The smallest absolute Gasteiger partial charge is 0.254 e. The van der Waals surface area contributed by atoms with Gasteiger partial charge in [-0.2, -0.15) is 5.10 Å². The molecule has 28 heavy (non-hydrogen) atoms. The molecule has 0 saturated carbocycles. The summed E-state index contributed by atoms with van der Waals surface area (Å²) in [5.41, 5.74) is 1.53. The van der Waals surface area contributed by atoms with Crippen molar-refractivity contribution in [3.63, 3.8) is 0 Å². The summed E-state index contributed by atoms with van der Waals surface area (Å²) in [6, 6.07) is 14.3. The summed E-state index contributed by atoms with van der Waals surface area (Å²) in [4.78, 5) is 16.5. The quantitative estimate of drug-likeness (QED) is 0.684. The van der Waals surface area contributed by atoms with E-state index in [-0.39, 0.29) is 11.9 Å². The fraction of sp³-hybridized carbons (Fsp3) is 0.364. The number of hydrogen-bond acceptors (Lipinski definition) is 4. The Morgan fingerprint density at radius 3 is 2.71 bits per heavy atom. The molecular weight excluding hydrogens is 368 g/mol. The van der Waals surface area contributed by atoms with Crippen molar-refractivity contribution in [3.05, 3.63) is 70.7 Å². The van der Waals surface area contributed by atoms with E-state index in [1.807, 2.05) is 30.3 Å². The fourth-order valence-corrected chi connectivity index (χ4v) is 4.55. The Morgan fingerprint density at radius 1 is 1.21 bits per heavy atom. The molecule has 0 bridgehead atoms. The molecule has 3 aromatic rings. The molecule has 1 saturated heterocycles. The maximum absolute atomic E-state index is 12.7. The maximum atomic E-state index is 12.7. The molecule has 4 rings (SSSR count). The van der Waals surface area contributed by atoms with Gasteiger partial charge in [0.05, 0.1) is 23.5 Å². The SMILES string of the molecule is CC1CCN([C@@H](CNC(=O)c2cnn(-c3ccccc3)c2)c2cccs2)CC1. The Balaban J connectivity index is 1.42. The van der Waals surface area contributed by atoms with Crippen LogP contribution in [-0.2, 0) is 0 Å². The van der Waals surface area contributed by atoms with Crippen LogP contribution in [0.25, 0.3) is 5.69 Å². The van der Waals surface area contributed by atoms with Crippen LogP contribution in [0.2, 0.25) is 0 Å². The summed E-state index contributed by atoms with van der Waals surface area (Å²) >= 11 is 1.76. The van der Waals surface area contributed by atoms with E-state index >= 15 is 0 Å². The van der Waals surface area contributed by atoms with Crippen LogP contribution in [0.5, 0.6) is 0 Å². The van der Waals surface area contributed by atoms with Crippen LogP contribution in [0.1, 0.15) is 41.0 Å². The number of likely N-dealkylation sites (tertiary alicyclic amines) is 1. The van der Waals surface area contributed by atoms with Crippen LogP contribution in [0.15, 0.2) is 60.2 Å². The van der Waals surface area contributed by atoms with Crippen LogP contribution < -0.4 is 5.32 Å². The Morgan fingerprint density at radius 2 is 2.00 bits per heavy atom. The normalized spacial score (nSPS) is 16.8. The highest BCUT2D eigenvalue weighted by Crippen LogP contribution is 2.29. The number of rotatable bonds is 6. The number of nitrogens with one attached hydrogen (secondary N) is 1. The highest BCUT2D eigenvalue weighted by molar-refractivity contribution is 7.10. The molecule has 1 aromatic carbocycles. The Hall–Kier alpha value is -2.44. The number of benzene rings is 1. The molecule has 0 aliphatic carbocycles. The molecular formula is C22H26N4OS. The van der Waals surface area contributed by atoms with E-state index < -0.39 is 0 Å². The lowest BCUT2D eigenvalue weighted by atomic mass is 9.97. The van der Waals surface area contributed by atoms with Gasteiger partial charge in [0.2, 0.25) is 0 Å². The molecule has 1 atom stereocenters. The molecule has 1 aliphatic heterocycles. The van der Waals surface area contributed by atoms with Crippen molar-refractivity contribution >= 4 is 17.2 Å². The molecule has 0 unspecified atom stereocenters. The molecule has 5 nitrogen and oxygen atoms in total. The van der Waals surface area contributed by atoms with Crippen LogP contribution in [0.4, 0.5) is 0 Å². The number of thiophene rings is 1. The van der Waals surface area contributed by atoms with Gasteiger partial charge in [-0.3, -0.25) is 9.69 Å². The second-order valence-corrected chi connectivity index (χ2v) is 8.45. The molecule has 1 amide bonds. The molecule has 1 N–H and O–H groups in total. The largest absolute Gasteiger partial charge is 0.350 e. The minimum Gasteiger partial charge on any atom is -0.350 e. The highest BCUT2D eigenvalue weighted by Gasteiger charge is 2.26. The van der Waals surface area contributed by atoms with Gasteiger partial charge in [-0.25, -0.2) is 4.68 Å². The topological polar surface area (TPSA) is 50.2 Å². The van der Waals surface area contributed by atoms with Gasteiger partial charge in [-0.05, 0) is 55.4 Å². The molecule has 6 heteroatoms. The Labute approximate surface area is 170 Å². The second kappa shape index (κ2) is 8.71. The first-order valence-electron chi connectivity index (χ1n) is 9.86. The fourth-order valence-electron chi connectivity index (χ4n) is 3.68. The lowest BCUT2D eigenvalue weighted by Crippen LogP contribution is -2.41. The van der Waals surface area contributed by atoms with Crippen molar-refractivity contribution in [1.82, 2.24) is 20.0 Å². The summed E-state index contributed by atoms with van der Waals surface area (Å²) in [5, 5.41) is 9.58. The minimum atomic E-state index is -0.0749. The standard InChI is InChI=1S/C22H26N4OS/c1-17-9-11-25(12-10-17)20(21-8-5-13-28-21)15-23-22(27)18-14-24-26(16-18)19-6-3-2-4-7-19/h2-8,13-14,16-17,20H,9-12,15H2,1H3,(H,23,27)/t20-/m0/s1. The monoisotopic (exact) mass is 394 g/mol. The van der Waals surface area contributed by atoms with Gasteiger partial charge in [0.15, 0.2) is 0 Å². The molecule has 2 aromatic heterocycles. The first-order valence-corrected chi connectivity index (χ1v) is 10.7. The van der Waals surface area contributed by atoms with Crippen LogP contribution in [0, 0.1) is 5.92 Å². The van der Waals surface area contributed by atoms with E-state index in [4.69, 9.17) is 0 Å². The van der Waals surface area contributed by atoms with Crippen molar-refractivity contribution in [1.29, 1.82) is 0 Å². The average Bonchev–Trinajstić information content (AvgIpc) is 3.42. The molecule has 146 valence electrons. The van der Waals surface area contributed by atoms with Gasteiger partial charge in [-0.15, -0.1) is 11.3 Å². The third-order valence-corrected chi connectivity index (χ3v) is 6.43. The molecule has 1 fully saturated rings. The summed E-state index contributed by atoms with van der Waals surface area (Å²) in [6.45, 7) is 5.12. The zero-order chi connectivity index (χ0) is 19.3. The Bertz CT molecular complexity index is 882. The zero-order valence-corrected chi connectivity index (χ0v) is 16.9.